The van der Waals surface area contributed by atoms with Gasteiger partial charge < -0.3 is 5.32 Å². The summed E-state index contributed by atoms with van der Waals surface area (Å²) in [7, 11) is 0. The maximum atomic E-state index is 6.39. The van der Waals surface area contributed by atoms with Gasteiger partial charge in [-0.05, 0) is 48.7 Å². The highest BCUT2D eigenvalue weighted by Gasteiger charge is 2.16. The molecule has 0 saturated carbocycles. The lowest BCUT2D eigenvalue weighted by atomic mass is 9.99. The molecule has 0 fully saturated rings. The number of halogens is 3. The normalized spacial score (nSPS) is 12.4. The van der Waals surface area contributed by atoms with Gasteiger partial charge in [-0.1, -0.05) is 52.1 Å². The van der Waals surface area contributed by atoms with Crippen LogP contribution in [0, 0.1) is 0 Å². The molecule has 0 aliphatic rings. The molecule has 1 aromatic heterocycles. The van der Waals surface area contributed by atoms with E-state index in [1.807, 2.05) is 18.2 Å². The first-order valence-electron chi connectivity index (χ1n) is 6.88. The molecule has 2 aromatic rings. The summed E-state index contributed by atoms with van der Waals surface area (Å²) in [5.74, 6) is 0. The van der Waals surface area contributed by atoms with E-state index in [0.29, 0.717) is 5.02 Å². The first-order chi connectivity index (χ1) is 10.1. The Bertz CT molecular complexity index is 605. The van der Waals surface area contributed by atoms with Crippen LogP contribution in [0.3, 0.4) is 0 Å². The van der Waals surface area contributed by atoms with E-state index in [1.165, 1.54) is 0 Å². The predicted molar refractivity (Wildman–Crippen MR) is 93.1 cm³/mol. The van der Waals surface area contributed by atoms with Gasteiger partial charge in [-0.25, -0.2) is 0 Å². The van der Waals surface area contributed by atoms with Gasteiger partial charge in [0.2, 0.25) is 0 Å². The zero-order chi connectivity index (χ0) is 15.2. The second-order valence-electron chi connectivity index (χ2n) is 4.84. The number of hydrogen-bond acceptors (Lipinski definition) is 2. The summed E-state index contributed by atoms with van der Waals surface area (Å²) < 4.78 is 0.979. The zero-order valence-corrected chi connectivity index (χ0v) is 14.8. The van der Waals surface area contributed by atoms with Crippen LogP contribution in [0.1, 0.15) is 30.5 Å². The van der Waals surface area contributed by atoms with Crippen molar-refractivity contribution in [1.82, 2.24) is 10.3 Å². The molecule has 1 unspecified atom stereocenters. The number of pyridine rings is 1. The number of nitrogens with one attached hydrogen (secondary N) is 1. The fraction of sp³-hybridized carbons (Fsp3) is 0.312. The van der Waals surface area contributed by atoms with Crippen molar-refractivity contribution in [2.75, 3.05) is 6.54 Å². The lowest BCUT2D eigenvalue weighted by Crippen LogP contribution is -2.24. The average Bonchev–Trinajstić information content (AvgIpc) is 2.46. The van der Waals surface area contributed by atoms with Crippen LogP contribution in [-0.2, 0) is 6.42 Å². The van der Waals surface area contributed by atoms with Gasteiger partial charge in [0, 0.05) is 27.9 Å². The topological polar surface area (TPSA) is 24.9 Å². The molecule has 1 aromatic carbocycles. The molecule has 21 heavy (non-hydrogen) atoms. The summed E-state index contributed by atoms with van der Waals surface area (Å²) in [5, 5.41) is 4.98. The van der Waals surface area contributed by atoms with Crippen molar-refractivity contribution < 1.29 is 0 Å². The Labute approximate surface area is 144 Å². The Hall–Kier alpha value is -0.610. The average molecular weight is 388 g/mol. The van der Waals surface area contributed by atoms with Crippen molar-refractivity contribution in [2.24, 2.45) is 0 Å². The molecule has 0 aliphatic heterocycles. The highest BCUT2D eigenvalue weighted by Crippen LogP contribution is 2.30. The first kappa shape index (κ1) is 16.8. The second-order valence-corrected chi connectivity index (χ2v) is 6.57. The number of nitrogens with zero attached hydrogens (tertiary/aromatic N) is 1. The van der Waals surface area contributed by atoms with Gasteiger partial charge in [0.05, 0.1) is 5.02 Å². The van der Waals surface area contributed by atoms with Crippen LogP contribution < -0.4 is 5.32 Å². The molecular weight excluding hydrogens is 371 g/mol. The van der Waals surface area contributed by atoms with Crippen LogP contribution >= 0.6 is 39.1 Å². The molecule has 0 bridgehead atoms. The Kier molecular flexibility index (Phi) is 6.49. The second kappa shape index (κ2) is 8.14. The third-order valence-electron chi connectivity index (χ3n) is 3.26. The third kappa shape index (κ3) is 4.68. The van der Waals surface area contributed by atoms with E-state index in [2.05, 4.69) is 39.2 Å². The van der Waals surface area contributed by atoms with E-state index in [0.717, 1.165) is 40.0 Å². The summed E-state index contributed by atoms with van der Waals surface area (Å²) >= 11 is 16.1. The number of benzene rings is 1. The SMILES string of the molecule is CCCNC(Cc1ccncc1Cl)c1ccc(Br)cc1Cl. The lowest BCUT2D eigenvalue weighted by Gasteiger charge is -2.21. The fourth-order valence-corrected chi connectivity index (χ4v) is 3.19. The highest BCUT2D eigenvalue weighted by atomic mass is 79.9. The molecular formula is C16H17BrCl2N2. The van der Waals surface area contributed by atoms with Crippen LogP contribution in [-0.4, -0.2) is 11.5 Å². The van der Waals surface area contributed by atoms with Crippen molar-refractivity contribution in [3.63, 3.8) is 0 Å². The summed E-state index contributed by atoms with van der Waals surface area (Å²) in [5.41, 5.74) is 2.15. The number of rotatable bonds is 6. The van der Waals surface area contributed by atoms with Gasteiger partial charge in [-0.3, -0.25) is 4.98 Å². The minimum atomic E-state index is 0.130. The van der Waals surface area contributed by atoms with E-state index in [-0.39, 0.29) is 6.04 Å². The van der Waals surface area contributed by atoms with Gasteiger partial charge in [-0.15, -0.1) is 0 Å². The number of aromatic nitrogens is 1. The molecule has 2 rings (SSSR count). The summed E-state index contributed by atoms with van der Waals surface area (Å²) in [6, 6.07) is 8.07. The van der Waals surface area contributed by atoms with Crippen molar-refractivity contribution >= 4 is 39.1 Å². The molecule has 0 amide bonds. The van der Waals surface area contributed by atoms with Crippen molar-refractivity contribution in [3.8, 4) is 0 Å². The van der Waals surface area contributed by atoms with Gasteiger partial charge in [-0.2, -0.15) is 0 Å². The van der Waals surface area contributed by atoms with Crippen LogP contribution in [0.5, 0.6) is 0 Å². The molecule has 0 saturated heterocycles. The van der Waals surface area contributed by atoms with E-state index in [1.54, 1.807) is 12.4 Å². The van der Waals surface area contributed by atoms with E-state index >= 15 is 0 Å². The molecule has 0 radical (unpaired) electrons. The minimum absolute atomic E-state index is 0.130. The van der Waals surface area contributed by atoms with Crippen LogP contribution in [0.2, 0.25) is 10.0 Å². The largest absolute Gasteiger partial charge is 0.310 e. The predicted octanol–water partition coefficient (Wildman–Crippen LogP) is 5.43. The molecule has 5 heteroatoms. The van der Waals surface area contributed by atoms with Gasteiger partial charge >= 0.3 is 0 Å². The number of hydrogen-bond donors (Lipinski definition) is 1. The van der Waals surface area contributed by atoms with Crippen molar-refractivity contribution in [1.29, 1.82) is 0 Å². The maximum Gasteiger partial charge on any atom is 0.0622 e. The molecule has 0 aliphatic carbocycles. The van der Waals surface area contributed by atoms with Crippen LogP contribution in [0.4, 0.5) is 0 Å². The Morgan fingerprint density at radius 1 is 1.24 bits per heavy atom. The van der Waals surface area contributed by atoms with Crippen molar-refractivity contribution in [3.05, 3.63) is 62.3 Å². The van der Waals surface area contributed by atoms with Crippen LogP contribution in [0.25, 0.3) is 0 Å². The monoisotopic (exact) mass is 386 g/mol. The molecule has 1 heterocycles. The van der Waals surface area contributed by atoms with E-state index in [4.69, 9.17) is 23.2 Å². The first-order valence-corrected chi connectivity index (χ1v) is 8.43. The molecule has 1 atom stereocenters. The quantitative estimate of drug-likeness (QED) is 0.714. The third-order valence-corrected chi connectivity index (χ3v) is 4.42. The van der Waals surface area contributed by atoms with Crippen molar-refractivity contribution in [2.45, 2.75) is 25.8 Å². The Balaban J connectivity index is 2.27. The van der Waals surface area contributed by atoms with E-state index in [9.17, 15) is 0 Å². The van der Waals surface area contributed by atoms with Crippen LogP contribution in [0.15, 0.2) is 41.1 Å². The summed E-state index contributed by atoms with van der Waals surface area (Å²) in [6.07, 6.45) is 5.29. The smallest absolute Gasteiger partial charge is 0.0622 e. The standard InChI is InChI=1S/C16H17BrCl2N2/c1-2-6-21-16(8-11-5-7-20-10-15(11)19)13-4-3-12(17)9-14(13)18/h3-5,7,9-10,16,21H,2,6,8H2,1H3. The minimum Gasteiger partial charge on any atom is -0.310 e. The Morgan fingerprint density at radius 2 is 2.05 bits per heavy atom. The maximum absolute atomic E-state index is 6.39. The van der Waals surface area contributed by atoms with Gasteiger partial charge in [0.15, 0.2) is 0 Å². The van der Waals surface area contributed by atoms with Gasteiger partial charge in [0.1, 0.15) is 0 Å². The Morgan fingerprint density at radius 3 is 2.71 bits per heavy atom. The van der Waals surface area contributed by atoms with Gasteiger partial charge in [0.25, 0.3) is 0 Å². The molecule has 0 spiro atoms. The molecule has 112 valence electrons. The van der Waals surface area contributed by atoms with E-state index < -0.39 is 0 Å². The highest BCUT2D eigenvalue weighted by molar-refractivity contribution is 9.10. The summed E-state index contributed by atoms with van der Waals surface area (Å²) in [6.45, 7) is 3.08. The zero-order valence-electron chi connectivity index (χ0n) is 11.7. The summed E-state index contributed by atoms with van der Waals surface area (Å²) in [4.78, 5) is 4.03. The fourth-order valence-electron chi connectivity index (χ4n) is 2.18. The molecule has 1 N–H and O–H groups in total. The lowest BCUT2D eigenvalue weighted by molar-refractivity contribution is 0.529. The molecule has 2 nitrogen and oxygen atoms in total.